The van der Waals surface area contributed by atoms with Crippen LogP contribution in [0.2, 0.25) is 0 Å². The van der Waals surface area contributed by atoms with Crippen LogP contribution in [0.5, 0.6) is 5.75 Å². The molecule has 1 aromatic carbocycles. The first-order valence-electron chi connectivity index (χ1n) is 5.02. The van der Waals surface area contributed by atoms with Gasteiger partial charge < -0.3 is 22.4 Å². The highest BCUT2D eigenvalue weighted by Gasteiger charge is 2.24. The number of halogens is 3. The normalized spacial score (nSPS) is 11.1. The minimum atomic E-state index is -5.00. The minimum absolute atomic E-state index is 0.196. The summed E-state index contributed by atoms with van der Waals surface area (Å²) in [4.78, 5) is 10.9. The van der Waals surface area contributed by atoms with Gasteiger partial charge in [0, 0.05) is 0 Å². The van der Waals surface area contributed by atoms with Gasteiger partial charge >= 0.3 is 12.9 Å². The van der Waals surface area contributed by atoms with Gasteiger partial charge in [0.2, 0.25) is 0 Å². The fourth-order valence-electron chi connectivity index (χ4n) is 1.13. The van der Waals surface area contributed by atoms with Crippen LogP contribution in [-0.2, 0) is 9.53 Å². The molecular weight excluding hydrogens is 236 g/mol. The number of hydrogen-bond acceptors (Lipinski definition) is 3. The molecule has 1 rings (SSSR count). The van der Waals surface area contributed by atoms with Gasteiger partial charge in [0.1, 0.15) is 5.75 Å². The lowest BCUT2D eigenvalue weighted by molar-refractivity contribution is -0.145. The van der Waals surface area contributed by atoms with Crippen LogP contribution in [0.15, 0.2) is 24.3 Å². The van der Waals surface area contributed by atoms with Crippen molar-refractivity contribution >= 4 is 18.4 Å². The lowest BCUT2D eigenvalue weighted by atomic mass is 9.80. The molecule has 0 heterocycles. The molecule has 3 nitrogen and oxygen atoms in total. The molecule has 1 aromatic rings. The van der Waals surface area contributed by atoms with Crippen molar-refractivity contribution in [3.05, 3.63) is 24.3 Å². The zero-order chi connectivity index (χ0) is 12.9. The quantitative estimate of drug-likeness (QED) is 0.586. The van der Waals surface area contributed by atoms with Gasteiger partial charge in [0.15, 0.2) is 6.61 Å². The molecule has 0 atom stereocenters. The summed E-state index contributed by atoms with van der Waals surface area (Å²) in [6, 6.07) is 4.18. The van der Waals surface area contributed by atoms with Gasteiger partial charge in [-0.15, -0.1) is 5.46 Å². The third kappa shape index (κ3) is 4.38. The van der Waals surface area contributed by atoms with Crippen LogP contribution in [0.3, 0.4) is 0 Å². The van der Waals surface area contributed by atoms with Crippen LogP contribution >= 0.6 is 0 Å². The number of rotatable bonds is 5. The summed E-state index contributed by atoms with van der Waals surface area (Å²) in [5.41, 5.74) is -0.700. The first kappa shape index (κ1) is 13.4. The maximum atomic E-state index is 12.3. The summed E-state index contributed by atoms with van der Waals surface area (Å²) >= 11 is 0. The van der Waals surface area contributed by atoms with E-state index < -0.39 is 18.4 Å². The van der Waals surface area contributed by atoms with E-state index in [9.17, 15) is 17.7 Å². The molecule has 0 saturated heterocycles. The van der Waals surface area contributed by atoms with Gasteiger partial charge in [-0.1, -0.05) is 12.1 Å². The highest BCUT2D eigenvalue weighted by molar-refractivity contribution is 6.73. The Morgan fingerprint density at radius 2 is 1.82 bits per heavy atom. The van der Waals surface area contributed by atoms with Gasteiger partial charge in [0.05, 0.1) is 6.61 Å². The van der Waals surface area contributed by atoms with Gasteiger partial charge in [-0.3, -0.25) is 0 Å². The van der Waals surface area contributed by atoms with Crippen molar-refractivity contribution in [3.8, 4) is 5.75 Å². The Morgan fingerprint density at radius 1 is 1.24 bits per heavy atom. The van der Waals surface area contributed by atoms with E-state index in [1.54, 1.807) is 6.92 Å². The zero-order valence-corrected chi connectivity index (χ0v) is 9.16. The van der Waals surface area contributed by atoms with Gasteiger partial charge in [-0.2, -0.15) is 0 Å². The molecule has 0 amide bonds. The van der Waals surface area contributed by atoms with E-state index in [2.05, 4.69) is 4.74 Å². The number of benzene rings is 1. The van der Waals surface area contributed by atoms with E-state index >= 15 is 0 Å². The smallest absolute Gasteiger partial charge is 0.482 e. The predicted molar refractivity (Wildman–Crippen MR) is 57.3 cm³/mol. The first-order valence-corrected chi connectivity index (χ1v) is 5.02. The average molecular weight is 247 g/mol. The fraction of sp³-hybridized carbons (Fsp3) is 0.300. The molecule has 0 unspecified atom stereocenters. The van der Waals surface area contributed by atoms with Gasteiger partial charge in [-0.05, 0) is 19.1 Å². The SMILES string of the molecule is CCOC(=O)COc1ccc([B-](F)(F)F)cc1. The fourth-order valence-corrected chi connectivity index (χ4v) is 1.13. The lowest BCUT2D eigenvalue weighted by Gasteiger charge is -2.14. The third-order valence-corrected chi connectivity index (χ3v) is 1.92. The number of carbonyl (C=O) groups is 1. The largest absolute Gasteiger partial charge is 0.509 e. The predicted octanol–water partition coefficient (Wildman–Crippen LogP) is 1.68. The topological polar surface area (TPSA) is 35.5 Å². The van der Waals surface area contributed by atoms with E-state index in [0.29, 0.717) is 0 Å². The van der Waals surface area contributed by atoms with E-state index in [1.165, 1.54) is 12.1 Å². The summed E-state index contributed by atoms with van der Waals surface area (Å²) in [6.45, 7) is -3.43. The van der Waals surface area contributed by atoms with Crippen molar-refractivity contribution in [1.82, 2.24) is 0 Å². The van der Waals surface area contributed by atoms with Crippen molar-refractivity contribution < 1.29 is 27.2 Å². The van der Waals surface area contributed by atoms with E-state index in [0.717, 1.165) is 12.1 Å². The summed E-state index contributed by atoms with van der Waals surface area (Å²) in [5, 5.41) is 0. The summed E-state index contributed by atoms with van der Waals surface area (Å²) in [5.74, 6) is -0.363. The number of carbonyl (C=O) groups excluding carboxylic acids is 1. The Morgan fingerprint density at radius 3 is 2.29 bits per heavy atom. The summed E-state index contributed by atoms with van der Waals surface area (Å²) in [6.07, 6.45) is 0. The van der Waals surface area contributed by atoms with Crippen LogP contribution < -0.4 is 10.2 Å². The van der Waals surface area contributed by atoms with Crippen LogP contribution in [-0.4, -0.2) is 26.2 Å². The summed E-state index contributed by atoms with van der Waals surface area (Å²) in [7, 11) is 0. The second kappa shape index (κ2) is 5.61. The van der Waals surface area contributed by atoms with Crippen molar-refractivity contribution in [3.63, 3.8) is 0 Å². The molecule has 0 aliphatic carbocycles. The summed E-state index contributed by atoms with van der Waals surface area (Å²) < 4.78 is 46.4. The molecule has 17 heavy (non-hydrogen) atoms. The minimum Gasteiger partial charge on any atom is -0.482 e. The van der Waals surface area contributed by atoms with E-state index in [1.807, 2.05) is 0 Å². The van der Waals surface area contributed by atoms with Crippen molar-refractivity contribution in [2.75, 3.05) is 13.2 Å². The Bertz CT molecular complexity index is 375. The number of hydrogen-bond donors (Lipinski definition) is 0. The van der Waals surface area contributed by atoms with E-state index in [-0.39, 0.29) is 19.0 Å². The molecular formula is C10H11BF3O3-. The molecule has 0 aliphatic rings. The second-order valence-corrected chi connectivity index (χ2v) is 3.24. The van der Waals surface area contributed by atoms with Crippen LogP contribution in [0, 0.1) is 0 Å². The maximum absolute atomic E-state index is 12.3. The monoisotopic (exact) mass is 247 g/mol. The molecule has 0 radical (unpaired) electrons. The average Bonchev–Trinajstić information content (AvgIpc) is 2.26. The Balaban J connectivity index is 2.54. The van der Waals surface area contributed by atoms with Crippen LogP contribution in [0.25, 0.3) is 0 Å². The Hall–Kier alpha value is -1.66. The molecule has 0 N–H and O–H groups in total. The standard InChI is InChI=1S/C10H11BF3O3/c1-2-16-10(15)7-17-9-5-3-8(4-6-9)11(12,13)14/h3-6H,2,7H2,1H3/q-1. The lowest BCUT2D eigenvalue weighted by Crippen LogP contribution is -2.33. The molecule has 7 heteroatoms. The molecule has 0 spiro atoms. The van der Waals surface area contributed by atoms with Crippen molar-refractivity contribution in [1.29, 1.82) is 0 Å². The van der Waals surface area contributed by atoms with Crippen LogP contribution in [0.1, 0.15) is 6.92 Å². The first-order chi connectivity index (χ1) is 7.93. The van der Waals surface area contributed by atoms with Gasteiger partial charge in [0.25, 0.3) is 0 Å². The molecule has 0 bridgehead atoms. The molecule has 0 fully saturated rings. The Kier molecular flexibility index (Phi) is 4.42. The second-order valence-electron chi connectivity index (χ2n) is 3.24. The highest BCUT2D eigenvalue weighted by Crippen LogP contribution is 2.13. The van der Waals surface area contributed by atoms with Gasteiger partial charge in [-0.25, -0.2) is 4.79 Å². The van der Waals surface area contributed by atoms with Crippen molar-refractivity contribution in [2.45, 2.75) is 6.92 Å². The maximum Gasteiger partial charge on any atom is 0.509 e. The number of esters is 1. The molecule has 0 aliphatic heterocycles. The molecule has 0 saturated carbocycles. The van der Waals surface area contributed by atoms with Crippen LogP contribution in [0.4, 0.5) is 12.9 Å². The number of ether oxygens (including phenoxy) is 2. The van der Waals surface area contributed by atoms with Crippen molar-refractivity contribution in [2.24, 2.45) is 0 Å². The third-order valence-electron chi connectivity index (χ3n) is 1.92. The highest BCUT2D eigenvalue weighted by atomic mass is 19.4. The zero-order valence-electron chi connectivity index (χ0n) is 9.16. The van der Waals surface area contributed by atoms with E-state index in [4.69, 9.17) is 4.74 Å². The molecule has 0 aromatic heterocycles. The molecule has 94 valence electrons. The Labute approximate surface area is 96.6 Å².